The Balaban J connectivity index is 2.54. The molecule has 0 radical (unpaired) electrons. The monoisotopic (exact) mass is 368 g/mol. The van der Waals surface area contributed by atoms with Gasteiger partial charge in [0.05, 0.1) is 5.02 Å². The van der Waals surface area contributed by atoms with E-state index in [1.807, 2.05) is 0 Å². The maximum atomic E-state index is 12.4. The van der Waals surface area contributed by atoms with E-state index in [0.29, 0.717) is 18.5 Å². The summed E-state index contributed by atoms with van der Waals surface area (Å²) < 4.78 is 29.3. The molecule has 0 heterocycles. The molecule has 0 unspecified atom stereocenters. The van der Waals surface area contributed by atoms with E-state index in [4.69, 9.17) is 28.9 Å². The molecular weight excluding hydrogens is 349 g/mol. The molecule has 0 saturated carbocycles. The second-order valence-electron chi connectivity index (χ2n) is 4.98. The second-order valence-corrected chi connectivity index (χ2v) is 5.83. The van der Waals surface area contributed by atoms with Crippen molar-refractivity contribution in [2.75, 3.05) is 6.54 Å². The van der Waals surface area contributed by atoms with Crippen LogP contribution < -0.4 is 15.8 Å². The van der Waals surface area contributed by atoms with Crippen LogP contribution in [0, 0.1) is 0 Å². The van der Waals surface area contributed by atoms with Gasteiger partial charge in [-0.15, -0.1) is 0 Å². The van der Waals surface area contributed by atoms with Gasteiger partial charge in [-0.3, -0.25) is 4.79 Å². The highest BCUT2D eigenvalue weighted by Gasteiger charge is 2.15. The highest BCUT2D eigenvalue weighted by Crippen LogP contribution is 2.33. The fraction of sp³-hybridized carbons (Fsp3) is 0.533. The van der Waals surface area contributed by atoms with Gasteiger partial charge >= 0.3 is 6.61 Å². The summed E-state index contributed by atoms with van der Waals surface area (Å²) in [5.41, 5.74) is 5.69. The molecule has 0 atom stereocenters. The predicted octanol–water partition coefficient (Wildman–Crippen LogP) is 4.12. The number of nitrogens with two attached hydrogens (primary N) is 1. The van der Waals surface area contributed by atoms with Crippen LogP contribution in [0.25, 0.3) is 0 Å². The number of unbranched alkanes of at least 4 members (excludes halogenated alkanes) is 3. The van der Waals surface area contributed by atoms with Crippen LogP contribution in [0.5, 0.6) is 5.75 Å². The van der Waals surface area contributed by atoms with Crippen molar-refractivity contribution in [3.05, 3.63) is 27.7 Å². The Bertz CT molecular complexity index is 516. The molecule has 0 bridgehead atoms. The largest absolute Gasteiger partial charge is 0.433 e. The number of carbonyl (C=O) groups excluding carboxylic acids is 1. The summed E-state index contributed by atoms with van der Waals surface area (Å²) >= 11 is 11.7. The van der Waals surface area contributed by atoms with Crippen molar-refractivity contribution in [1.82, 2.24) is 5.32 Å². The van der Waals surface area contributed by atoms with Crippen LogP contribution in [0.2, 0.25) is 10.0 Å². The first-order valence-corrected chi connectivity index (χ1v) is 8.09. The van der Waals surface area contributed by atoms with Gasteiger partial charge in [0.25, 0.3) is 0 Å². The summed E-state index contributed by atoms with van der Waals surface area (Å²) in [6.45, 7) is -2.34. The van der Waals surface area contributed by atoms with Gasteiger partial charge in [-0.25, -0.2) is 0 Å². The topological polar surface area (TPSA) is 64.4 Å². The maximum Gasteiger partial charge on any atom is 0.387 e. The lowest BCUT2D eigenvalue weighted by molar-refractivity contribution is -0.121. The van der Waals surface area contributed by atoms with Gasteiger partial charge in [0.15, 0.2) is 0 Å². The number of rotatable bonds is 10. The molecule has 0 aliphatic carbocycles. The lowest BCUT2D eigenvalue weighted by Crippen LogP contribution is -2.23. The number of benzene rings is 1. The third kappa shape index (κ3) is 7.81. The third-order valence-electron chi connectivity index (χ3n) is 3.13. The Morgan fingerprint density at radius 3 is 2.57 bits per heavy atom. The summed E-state index contributed by atoms with van der Waals surface area (Å²) in [7, 11) is 0. The first-order valence-electron chi connectivity index (χ1n) is 7.33. The molecule has 0 fully saturated rings. The molecule has 8 heteroatoms. The van der Waals surface area contributed by atoms with Crippen molar-refractivity contribution in [3.63, 3.8) is 0 Å². The first-order chi connectivity index (χ1) is 10.9. The van der Waals surface area contributed by atoms with E-state index in [1.165, 1.54) is 12.1 Å². The van der Waals surface area contributed by atoms with E-state index >= 15 is 0 Å². The molecule has 1 aromatic rings. The molecule has 0 aliphatic heterocycles. The molecule has 23 heavy (non-hydrogen) atoms. The Kier molecular flexibility index (Phi) is 9.21. The van der Waals surface area contributed by atoms with Crippen molar-refractivity contribution >= 4 is 29.1 Å². The first kappa shape index (κ1) is 19.9. The van der Waals surface area contributed by atoms with Crippen LogP contribution in [0.1, 0.15) is 37.7 Å². The molecule has 3 N–H and O–H groups in total. The van der Waals surface area contributed by atoms with E-state index in [0.717, 1.165) is 25.7 Å². The highest BCUT2D eigenvalue weighted by molar-refractivity contribution is 6.35. The number of halogens is 4. The van der Waals surface area contributed by atoms with Crippen molar-refractivity contribution in [2.24, 2.45) is 5.73 Å². The van der Waals surface area contributed by atoms with Crippen LogP contribution in [0.3, 0.4) is 0 Å². The minimum Gasteiger partial charge on any atom is -0.433 e. The molecule has 4 nitrogen and oxygen atoms in total. The van der Waals surface area contributed by atoms with Crippen molar-refractivity contribution in [1.29, 1.82) is 0 Å². The smallest absolute Gasteiger partial charge is 0.387 e. The molecule has 0 saturated heterocycles. The average molecular weight is 369 g/mol. The second kappa shape index (κ2) is 10.6. The molecule has 1 amide bonds. The normalized spacial score (nSPS) is 10.9. The number of hydrogen-bond donors (Lipinski definition) is 2. The lowest BCUT2D eigenvalue weighted by atomic mass is 10.1. The Hall–Kier alpha value is -1.11. The van der Waals surface area contributed by atoms with E-state index in [-0.39, 0.29) is 28.2 Å². The minimum absolute atomic E-state index is 0.0178. The quantitative estimate of drug-likeness (QED) is 0.610. The van der Waals surface area contributed by atoms with E-state index in [1.54, 1.807) is 0 Å². The average Bonchev–Trinajstić information content (AvgIpc) is 2.47. The van der Waals surface area contributed by atoms with E-state index in [2.05, 4.69) is 10.1 Å². The van der Waals surface area contributed by atoms with E-state index in [9.17, 15) is 13.6 Å². The van der Waals surface area contributed by atoms with Crippen LogP contribution >= 0.6 is 23.2 Å². The number of nitrogens with one attached hydrogen (secondary N) is 1. The van der Waals surface area contributed by atoms with Gasteiger partial charge < -0.3 is 15.8 Å². The summed E-state index contributed by atoms with van der Waals surface area (Å²) in [5, 5.41) is 2.91. The van der Waals surface area contributed by atoms with Crippen molar-refractivity contribution in [2.45, 2.75) is 45.3 Å². The lowest BCUT2D eigenvalue weighted by Gasteiger charge is -2.14. The standard InChI is InChI=1S/C15H20Cl2F2N2O2/c16-11-7-10(14(12(17)8-11)23-15(18)19)9-21-13(22)5-3-1-2-4-6-20/h7-8,15H,1-6,9,20H2,(H,21,22). The van der Waals surface area contributed by atoms with Crippen molar-refractivity contribution < 1.29 is 18.3 Å². The summed E-state index contributed by atoms with van der Waals surface area (Å²) in [6.07, 6.45) is 3.97. The van der Waals surface area contributed by atoms with Gasteiger partial charge in [-0.1, -0.05) is 36.0 Å². The molecule has 1 aromatic carbocycles. The SMILES string of the molecule is NCCCCCCC(=O)NCc1cc(Cl)cc(Cl)c1OC(F)F. The van der Waals surface area contributed by atoms with E-state index < -0.39 is 6.61 Å². The summed E-state index contributed by atoms with van der Waals surface area (Å²) in [5.74, 6) is -0.342. The van der Waals surface area contributed by atoms with Gasteiger partial charge in [0, 0.05) is 23.6 Å². The Morgan fingerprint density at radius 2 is 1.91 bits per heavy atom. The molecule has 0 aromatic heterocycles. The number of hydrogen-bond acceptors (Lipinski definition) is 3. The molecule has 1 rings (SSSR count). The van der Waals surface area contributed by atoms with Crippen LogP contribution in [-0.4, -0.2) is 19.1 Å². The number of amides is 1. The Labute approximate surface area is 144 Å². The van der Waals surface area contributed by atoms with Crippen LogP contribution in [0.4, 0.5) is 8.78 Å². The number of alkyl halides is 2. The molecule has 0 spiro atoms. The fourth-order valence-electron chi connectivity index (χ4n) is 2.03. The third-order valence-corrected chi connectivity index (χ3v) is 3.63. The zero-order valence-electron chi connectivity index (χ0n) is 12.6. The maximum absolute atomic E-state index is 12.4. The molecule has 0 aliphatic rings. The van der Waals surface area contributed by atoms with Crippen molar-refractivity contribution in [3.8, 4) is 5.75 Å². The summed E-state index contributed by atoms with van der Waals surface area (Å²) in [6, 6.07) is 2.75. The Morgan fingerprint density at radius 1 is 1.22 bits per heavy atom. The zero-order chi connectivity index (χ0) is 17.2. The van der Waals surface area contributed by atoms with Crippen LogP contribution in [0.15, 0.2) is 12.1 Å². The number of ether oxygens (including phenoxy) is 1. The predicted molar refractivity (Wildman–Crippen MR) is 87.1 cm³/mol. The zero-order valence-corrected chi connectivity index (χ0v) is 14.1. The van der Waals surface area contributed by atoms with Gasteiger partial charge in [-0.2, -0.15) is 8.78 Å². The molecule has 130 valence electrons. The highest BCUT2D eigenvalue weighted by atomic mass is 35.5. The number of carbonyl (C=O) groups is 1. The van der Waals surface area contributed by atoms with Gasteiger partial charge in [0.1, 0.15) is 5.75 Å². The molecular formula is C15H20Cl2F2N2O2. The fourth-order valence-corrected chi connectivity index (χ4v) is 2.61. The minimum atomic E-state index is -3.01. The summed E-state index contributed by atoms with van der Waals surface area (Å²) in [4.78, 5) is 11.8. The van der Waals surface area contributed by atoms with Gasteiger partial charge in [0.2, 0.25) is 5.91 Å². The van der Waals surface area contributed by atoms with Gasteiger partial charge in [-0.05, 0) is 31.5 Å². The van der Waals surface area contributed by atoms with Crippen LogP contribution in [-0.2, 0) is 11.3 Å².